The lowest BCUT2D eigenvalue weighted by Crippen LogP contribution is -2.52. The van der Waals surface area contributed by atoms with Crippen LogP contribution in [-0.2, 0) is 18.6 Å². The monoisotopic (exact) mass is 579 g/mol. The van der Waals surface area contributed by atoms with Gasteiger partial charge in [0.1, 0.15) is 6.61 Å². The number of carboxylic acids is 1. The highest BCUT2D eigenvalue weighted by Gasteiger charge is 2.54. The highest BCUT2D eigenvalue weighted by atomic mass is 31.2. The molecule has 0 saturated heterocycles. The Labute approximate surface area is 242 Å². The molecule has 4 saturated carbocycles. The van der Waals surface area contributed by atoms with Crippen molar-refractivity contribution in [2.75, 3.05) is 19.1 Å². The average Bonchev–Trinajstić information content (AvgIpc) is 3.26. The van der Waals surface area contributed by atoms with Crippen LogP contribution in [0.3, 0.4) is 0 Å². The van der Waals surface area contributed by atoms with Crippen molar-refractivity contribution < 1.29 is 28.5 Å². The van der Waals surface area contributed by atoms with Gasteiger partial charge in [-0.3, -0.25) is 9.36 Å². The van der Waals surface area contributed by atoms with E-state index in [0.29, 0.717) is 24.2 Å². The van der Waals surface area contributed by atoms with E-state index in [9.17, 15) is 19.3 Å². The fraction of sp³-hybridized carbons (Fsp3) is 0.576. The molecule has 0 radical (unpaired) electrons. The van der Waals surface area contributed by atoms with E-state index in [1.54, 1.807) is 0 Å². The van der Waals surface area contributed by atoms with Gasteiger partial charge in [0.05, 0.1) is 17.8 Å². The first-order chi connectivity index (χ1) is 19.7. The molecule has 2 aromatic carbocycles. The maximum Gasteiger partial charge on any atom is 0.407 e. The van der Waals surface area contributed by atoms with Gasteiger partial charge < -0.3 is 19.7 Å². The standard InChI is InChI=1S/C33H42NO6P/c1-3-21(2)30(31(35)36)19-41(38,40-33-15-22-12-23(16-33)14-24(13-22)17-33)20-34-32(37)39-18-29-27-10-6-4-8-25(27)26-9-5-7-11-28(26)29/h4-11,21-24,29-30H,3,12-20H2,1-2H3,(H,34,37)(H,35,36)/t21?,22?,23?,24?,30-,33?,41+/m1/s1. The van der Waals surface area contributed by atoms with Gasteiger partial charge in [-0.1, -0.05) is 68.8 Å². The summed E-state index contributed by atoms with van der Waals surface area (Å²) in [6.45, 7) is 3.98. The summed E-state index contributed by atoms with van der Waals surface area (Å²) in [6.07, 6.45) is 6.01. The van der Waals surface area contributed by atoms with Crippen molar-refractivity contribution in [1.29, 1.82) is 0 Å². The highest BCUT2D eigenvalue weighted by Crippen LogP contribution is 2.63. The number of rotatable bonds is 11. The topological polar surface area (TPSA) is 102 Å². The van der Waals surface area contributed by atoms with Gasteiger partial charge in [-0.15, -0.1) is 0 Å². The molecule has 3 atom stereocenters. The first-order valence-electron chi connectivity index (χ1n) is 15.3. The minimum atomic E-state index is -3.55. The molecule has 0 aromatic heterocycles. The minimum absolute atomic E-state index is 0.0787. The number of carbonyl (C=O) groups is 2. The van der Waals surface area contributed by atoms with Crippen LogP contribution in [-0.4, -0.2) is 41.8 Å². The number of hydrogen-bond donors (Lipinski definition) is 2. The van der Waals surface area contributed by atoms with Crippen LogP contribution in [0.25, 0.3) is 11.1 Å². The van der Waals surface area contributed by atoms with E-state index in [0.717, 1.165) is 41.5 Å². The molecular weight excluding hydrogens is 537 g/mol. The molecule has 2 aromatic rings. The van der Waals surface area contributed by atoms with Crippen molar-refractivity contribution in [2.45, 2.75) is 70.3 Å². The quantitative estimate of drug-likeness (QED) is 0.268. The Hall–Kier alpha value is -2.63. The molecular formula is C33H42NO6P. The zero-order chi connectivity index (χ0) is 28.8. The Morgan fingerprint density at radius 3 is 2.02 bits per heavy atom. The molecule has 4 bridgehead atoms. The Balaban J connectivity index is 1.16. The number of carboxylic acid groups (broad SMARTS) is 1. The number of benzene rings is 2. The van der Waals surface area contributed by atoms with Crippen molar-refractivity contribution in [1.82, 2.24) is 5.32 Å². The number of amides is 1. The molecule has 0 heterocycles. The van der Waals surface area contributed by atoms with Crippen molar-refractivity contribution >= 4 is 19.4 Å². The molecule has 220 valence electrons. The third kappa shape index (κ3) is 5.72. The molecule has 7 nitrogen and oxygen atoms in total. The van der Waals surface area contributed by atoms with Crippen molar-refractivity contribution in [3.05, 3.63) is 59.7 Å². The summed E-state index contributed by atoms with van der Waals surface area (Å²) in [5.74, 6) is -0.224. The van der Waals surface area contributed by atoms with E-state index < -0.39 is 31.0 Å². The Kier molecular flexibility index (Phi) is 7.80. The van der Waals surface area contributed by atoms with Gasteiger partial charge in [-0.05, 0) is 84.5 Å². The Morgan fingerprint density at radius 1 is 0.976 bits per heavy atom. The highest BCUT2D eigenvalue weighted by molar-refractivity contribution is 7.59. The van der Waals surface area contributed by atoms with Crippen LogP contribution < -0.4 is 5.32 Å². The molecule has 1 unspecified atom stereocenters. The molecule has 41 heavy (non-hydrogen) atoms. The number of fused-ring (bicyclic) bond motifs is 3. The van der Waals surface area contributed by atoms with Gasteiger partial charge in [-0.2, -0.15) is 0 Å². The van der Waals surface area contributed by atoms with Crippen LogP contribution in [0.2, 0.25) is 0 Å². The predicted octanol–water partition coefficient (Wildman–Crippen LogP) is 7.49. The summed E-state index contributed by atoms with van der Waals surface area (Å²) in [6, 6.07) is 16.3. The smallest absolute Gasteiger partial charge is 0.407 e. The lowest BCUT2D eigenvalue weighted by atomic mass is 9.54. The maximum absolute atomic E-state index is 14.6. The minimum Gasteiger partial charge on any atom is -0.481 e. The summed E-state index contributed by atoms with van der Waals surface area (Å²) in [7, 11) is -3.55. The van der Waals surface area contributed by atoms with Crippen molar-refractivity contribution in [2.24, 2.45) is 29.6 Å². The summed E-state index contributed by atoms with van der Waals surface area (Å²) in [5.41, 5.74) is 4.07. The first kappa shape index (κ1) is 28.5. The van der Waals surface area contributed by atoms with Crippen LogP contribution >= 0.6 is 7.37 Å². The second-order valence-corrected chi connectivity index (χ2v) is 15.7. The van der Waals surface area contributed by atoms with Crippen molar-refractivity contribution in [3.63, 3.8) is 0 Å². The normalized spacial score (nSPS) is 28.8. The van der Waals surface area contributed by atoms with Crippen LogP contribution in [0, 0.1) is 29.6 Å². The van der Waals surface area contributed by atoms with Gasteiger partial charge in [0.15, 0.2) is 0 Å². The van der Waals surface area contributed by atoms with E-state index >= 15 is 0 Å². The van der Waals surface area contributed by atoms with Crippen molar-refractivity contribution in [3.8, 4) is 11.1 Å². The molecule has 4 fully saturated rings. The number of alkyl carbamates (subject to hydrolysis) is 1. The molecule has 0 spiro atoms. The molecule has 1 amide bonds. The summed E-state index contributed by atoms with van der Waals surface area (Å²) >= 11 is 0. The number of ether oxygens (including phenoxy) is 1. The van der Waals surface area contributed by atoms with Gasteiger partial charge in [-0.25, -0.2) is 4.79 Å². The number of hydrogen-bond acceptors (Lipinski definition) is 5. The summed E-state index contributed by atoms with van der Waals surface area (Å²) < 4.78 is 26.9. The summed E-state index contributed by atoms with van der Waals surface area (Å²) in [5, 5.41) is 12.8. The Morgan fingerprint density at radius 2 is 1.51 bits per heavy atom. The third-order valence-corrected chi connectivity index (χ3v) is 12.6. The van der Waals surface area contributed by atoms with E-state index in [2.05, 4.69) is 29.6 Å². The SMILES string of the molecule is CCC(C)[C@@H](C[P@@](=O)(CNC(=O)OCC1c2ccccc2-c2ccccc21)OC12CC3CC(CC(C3)C1)C2)C(=O)O. The summed E-state index contributed by atoms with van der Waals surface area (Å²) in [4.78, 5) is 25.3. The van der Waals surface area contributed by atoms with Crippen LogP contribution in [0.5, 0.6) is 0 Å². The Bertz CT molecular complexity index is 1280. The number of nitrogens with one attached hydrogen (secondary N) is 1. The van der Waals surface area contributed by atoms with E-state index in [4.69, 9.17) is 9.26 Å². The second kappa shape index (κ2) is 11.2. The lowest BCUT2D eigenvalue weighted by molar-refractivity contribution is -0.143. The largest absolute Gasteiger partial charge is 0.481 e. The van der Waals surface area contributed by atoms with E-state index in [-0.39, 0.29) is 30.9 Å². The second-order valence-electron chi connectivity index (χ2n) is 13.2. The third-order valence-electron chi connectivity index (χ3n) is 10.3. The molecule has 2 N–H and O–H groups in total. The average molecular weight is 580 g/mol. The van der Waals surface area contributed by atoms with Crippen LogP contribution in [0.15, 0.2) is 48.5 Å². The molecule has 5 aliphatic carbocycles. The lowest BCUT2D eigenvalue weighted by Gasteiger charge is -2.56. The molecule has 8 heteroatoms. The van der Waals surface area contributed by atoms with E-state index in [1.165, 1.54) is 19.3 Å². The predicted molar refractivity (Wildman–Crippen MR) is 158 cm³/mol. The maximum atomic E-state index is 14.6. The van der Waals surface area contributed by atoms with Gasteiger partial charge >= 0.3 is 12.1 Å². The number of carbonyl (C=O) groups excluding carboxylic acids is 1. The van der Waals surface area contributed by atoms with Crippen LogP contribution in [0.4, 0.5) is 4.79 Å². The van der Waals surface area contributed by atoms with Gasteiger partial charge in [0, 0.05) is 12.1 Å². The zero-order valence-electron chi connectivity index (χ0n) is 24.1. The zero-order valence-corrected chi connectivity index (χ0v) is 25.0. The van der Waals surface area contributed by atoms with Crippen LogP contribution in [0.1, 0.15) is 75.8 Å². The molecule has 0 aliphatic heterocycles. The fourth-order valence-electron chi connectivity index (χ4n) is 8.55. The van der Waals surface area contributed by atoms with Gasteiger partial charge in [0.2, 0.25) is 7.37 Å². The number of aliphatic carboxylic acids is 1. The molecule has 5 aliphatic rings. The molecule has 7 rings (SSSR count). The first-order valence-corrected chi connectivity index (χ1v) is 17.3. The fourth-order valence-corrected chi connectivity index (χ4v) is 11.2. The van der Waals surface area contributed by atoms with Gasteiger partial charge in [0.25, 0.3) is 0 Å². The van der Waals surface area contributed by atoms with E-state index in [1.807, 2.05) is 38.1 Å².